The van der Waals surface area contributed by atoms with Crippen LogP contribution < -0.4 is 14.8 Å². The fraction of sp³-hybridized carbons (Fsp3) is 0.917. The number of hydrogen-bond donors (Lipinski definition) is 3. The first kappa shape index (κ1) is 16.4. The number of rotatable bonds is 5. The molecule has 0 radical (unpaired) electrons. The van der Waals surface area contributed by atoms with Crippen LogP contribution in [0.1, 0.15) is 53.4 Å². The van der Waals surface area contributed by atoms with E-state index in [-0.39, 0.29) is 17.5 Å². The third kappa shape index (κ3) is 6.35. The smallest absolute Gasteiger partial charge is 0.277 e. The number of amides is 1. The Hall–Kier alpha value is -0.660. The van der Waals surface area contributed by atoms with Crippen LogP contribution >= 0.6 is 0 Å². The fourth-order valence-corrected chi connectivity index (χ4v) is 3.38. The van der Waals surface area contributed by atoms with Crippen molar-refractivity contribution in [1.29, 1.82) is 0 Å². The second-order valence-electron chi connectivity index (χ2n) is 6.18. The lowest BCUT2D eigenvalue weighted by atomic mass is 10.1. The lowest BCUT2D eigenvalue weighted by Gasteiger charge is -2.24. The summed E-state index contributed by atoms with van der Waals surface area (Å²) < 4.78 is 28.7. The van der Waals surface area contributed by atoms with Crippen LogP contribution in [0.3, 0.4) is 0 Å². The van der Waals surface area contributed by atoms with Crippen molar-refractivity contribution in [3.8, 4) is 0 Å². The summed E-state index contributed by atoms with van der Waals surface area (Å²) >= 11 is 0. The maximum Gasteiger partial charge on any atom is 0.277 e. The first-order chi connectivity index (χ1) is 8.59. The van der Waals surface area contributed by atoms with Gasteiger partial charge in [0, 0.05) is 11.6 Å². The molecule has 0 aromatic carbocycles. The van der Waals surface area contributed by atoms with Crippen LogP contribution in [0.25, 0.3) is 0 Å². The number of hydrogen-bond acceptors (Lipinski definition) is 3. The summed E-state index contributed by atoms with van der Waals surface area (Å²) in [6, 6.07) is -0.798. The standard InChI is InChI=1S/C12H25N3O3S/c1-9(11(16)13-12(2,3)4)14-19(17,18)15-10-7-5-6-8-10/h9-10,14-15H,5-8H2,1-4H3,(H,13,16). The lowest BCUT2D eigenvalue weighted by molar-refractivity contribution is -0.123. The zero-order chi connectivity index (χ0) is 14.7. The highest BCUT2D eigenvalue weighted by Crippen LogP contribution is 2.18. The van der Waals surface area contributed by atoms with E-state index in [9.17, 15) is 13.2 Å². The largest absolute Gasteiger partial charge is 0.350 e. The number of carbonyl (C=O) groups is 1. The fourth-order valence-electron chi connectivity index (χ4n) is 2.06. The molecule has 0 saturated heterocycles. The predicted molar refractivity (Wildman–Crippen MR) is 74.8 cm³/mol. The third-order valence-electron chi connectivity index (χ3n) is 2.90. The molecule has 0 heterocycles. The quantitative estimate of drug-likeness (QED) is 0.695. The Balaban J connectivity index is 2.49. The van der Waals surface area contributed by atoms with Gasteiger partial charge in [-0.05, 0) is 40.5 Å². The van der Waals surface area contributed by atoms with Gasteiger partial charge in [-0.3, -0.25) is 4.79 Å². The Kier molecular flexibility index (Phi) is 5.34. The molecular formula is C12H25N3O3S. The number of nitrogens with one attached hydrogen (secondary N) is 3. The minimum Gasteiger partial charge on any atom is -0.350 e. The van der Waals surface area contributed by atoms with Crippen molar-refractivity contribution in [2.75, 3.05) is 0 Å². The van der Waals surface area contributed by atoms with Crippen molar-refractivity contribution in [2.24, 2.45) is 0 Å². The SMILES string of the molecule is CC(NS(=O)(=O)NC1CCCC1)C(=O)NC(C)(C)C. The molecular weight excluding hydrogens is 266 g/mol. The van der Waals surface area contributed by atoms with E-state index in [0.29, 0.717) is 0 Å². The third-order valence-corrected chi connectivity index (χ3v) is 4.21. The van der Waals surface area contributed by atoms with Crippen LogP contribution in [0.4, 0.5) is 0 Å². The van der Waals surface area contributed by atoms with Gasteiger partial charge in [0.2, 0.25) is 5.91 Å². The Morgan fingerprint density at radius 2 is 1.74 bits per heavy atom. The summed E-state index contributed by atoms with van der Waals surface area (Å²) in [4.78, 5) is 11.8. The summed E-state index contributed by atoms with van der Waals surface area (Å²) in [7, 11) is -3.63. The van der Waals surface area contributed by atoms with Gasteiger partial charge in [-0.1, -0.05) is 12.8 Å². The van der Waals surface area contributed by atoms with E-state index < -0.39 is 16.3 Å². The molecule has 1 unspecified atom stereocenters. The molecule has 0 aliphatic heterocycles. The summed E-state index contributed by atoms with van der Waals surface area (Å²) in [5.74, 6) is -0.329. The van der Waals surface area contributed by atoms with E-state index >= 15 is 0 Å². The van der Waals surface area contributed by atoms with Gasteiger partial charge >= 0.3 is 0 Å². The Labute approximate surface area is 115 Å². The highest BCUT2D eigenvalue weighted by molar-refractivity contribution is 7.87. The second-order valence-corrected chi connectivity index (χ2v) is 7.66. The second kappa shape index (κ2) is 6.19. The van der Waals surface area contributed by atoms with Crippen molar-refractivity contribution < 1.29 is 13.2 Å². The molecule has 19 heavy (non-hydrogen) atoms. The van der Waals surface area contributed by atoms with Crippen LogP contribution in [0.5, 0.6) is 0 Å². The predicted octanol–water partition coefficient (Wildman–Crippen LogP) is 0.656. The molecule has 1 amide bonds. The molecule has 1 rings (SSSR count). The normalized spacial score (nSPS) is 19.4. The highest BCUT2D eigenvalue weighted by Gasteiger charge is 2.26. The first-order valence-electron chi connectivity index (χ1n) is 6.71. The minimum absolute atomic E-state index is 0.00428. The maximum absolute atomic E-state index is 11.9. The molecule has 0 bridgehead atoms. The molecule has 1 fully saturated rings. The van der Waals surface area contributed by atoms with E-state index in [1.807, 2.05) is 20.8 Å². The van der Waals surface area contributed by atoms with Gasteiger partial charge in [-0.2, -0.15) is 17.9 Å². The average Bonchev–Trinajstić information content (AvgIpc) is 2.65. The molecule has 7 heteroatoms. The van der Waals surface area contributed by atoms with E-state index in [1.165, 1.54) is 6.92 Å². The van der Waals surface area contributed by atoms with Crippen LogP contribution in [-0.4, -0.2) is 31.9 Å². The van der Waals surface area contributed by atoms with Gasteiger partial charge in [0.1, 0.15) is 0 Å². The van der Waals surface area contributed by atoms with E-state index in [2.05, 4.69) is 14.8 Å². The van der Waals surface area contributed by atoms with Crippen molar-refractivity contribution in [2.45, 2.75) is 71.0 Å². The number of carbonyl (C=O) groups excluding carboxylic acids is 1. The van der Waals surface area contributed by atoms with Gasteiger partial charge < -0.3 is 5.32 Å². The molecule has 6 nitrogen and oxygen atoms in total. The van der Waals surface area contributed by atoms with Crippen LogP contribution in [0, 0.1) is 0 Å². The molecule has 1 atom stereocenters. The summed E-state index contributed by atoms with van der Waals surface area (Å²) in [5, 5.41) is 2.74. The van der Waals surface area contributed by atoms with Gasteiger partial charge in [0.05, 0.1) is 6.04 Å². The molecule has 1 aliphatic rings. The monoisotopic (exact) mass is 291 g/mol. The zero-order valence-electron chi connectivity index (χ0n) is 12.1. The molecule has 0 aromatic rings. The van der Waals surface area contributed by atoms with Crippen molar-refractivity contribution in [1.82, 2.24) is 14.8 Å². The maximum atomic E-state index is 11.9. The first-order valence-corrected chi connectivity index (χ1v) is 8.19. The van der Waals surface area contributed by atoms with Crippen molar-refractivity contribution in [3.05, 3.63) is 0 Å². The van der Waals surface area contributed by atoms with Gasteiger partial charge in [0.15, 0.2) is 0 Å². The topological polar surface area (TPSA) is 87.3 Å². The zero-order valence-corrected chi connectivity index (χ0v) is 12.9. The molecule has 0 aromatic heterocycles. The Morgan fingerprint density at radius 3 is 2.21 bits per heavy atom. The molecule has 1 saturated carbocycles. The Bertz CT molecular complexity index is 408. The van der Waals surface area contributed by atoms with E-state index in [4.69, 9.17) is 0 Å². The molecule has 0 spiro atoms. The Morgan fingerprint density at radius 1 is 1.21 bits per heavy atom. The van der Waals surface area contributed by atoms with Gasteiger partial charge in [-0.25, -0.2) is 0 Å². The summed E-state index contributed by atoms with van der Waals surface area (Å²) in [6.07, 6.45) is 3.83. The van der Waals surface area contributed by atoms with Crippen molar-refractivity contribution >= 4 is 16.1 Å². The molecule has 1 aliphatic carbocycles. The van der Waals surface area contributed by atoms with E-state index in [0.717, 1.165) is 25.7 Å². The lowest BCUT2D eigenvalue weighted by Crippen LogP contribution is -2.53. The molecule has 112 valence electrons. The summed E-state index contributed by atoms with van der Waals surface area (Å²) in [5.41, 5.74) is -0.379. The van der Waals surface area contributed by atoms with Crippen LogP contribution in [0.2, 0.25) is 0 Å². The van der Waals surface area contributed by atoms with Gasteiger partial charge in [-0.15, -0.1) is 0 Å². The summed E-state index contributed by atoms with van der Waals surface area (Å²) in [6.45, 7) is 7.09. The average molecular weight is 291 g/mol. The molecule has 3 N–H and O–H groups in total. The van der Waals surface area contributed by atoms with Crippen LogP contribution in [0.15, 0.2) is 0 Å². The van der Waals surface area contributed by atoms with Gasteiger partial charge in [0.25, 0.3) is 10.2 Å². The minimum atomic E-state index is -3.63. The van der Waals surface area contributed by atoms with E-state index in [1.54, 1.807) is 0 Å². The van der Waals surface area contributed by atoms with Crippen molar-refractivity contribution in [3.63, 3.8) is 0 Å². The highest BCUT2D eigenvalue weighted by atomic mass is 32.2. The van der Waals surface area contributed by atoms with Crippen LogP contribution in [-0.2, 0) is 15.0 Å².